The molecule has 0 radical (unpaired) electrons. The van der Waals surface area contributed by atoms with Gasteiger partial charge in [-0.05, 0) is 43.2 Å². The van der Waals surface area contributed by atoms with Crippen molar-refractivity contribution in [3.63, 3.8) is 0 Å². The van der Waals surface area contributed by atoms with Gasteiger partial charge in [0.15, 0.2) is 0 Å². The van der Waals surface area contributed by atoms with Gasteiger partial charge in [0.05, 0.1) is 17.4 Å². The van der Waals surface area contributed by atoms with E-state index in [4.69, 9.17) is 0 Å². The molecule has 0 aliphatic heterocycles. The molecule has 0 spiro atoms. The molecule has 0 saturated heterocycles. The van der Waals surface area contributed by atoms with E-state index in [1.807, 2.05) is 24.3 Å². The number of aromatic nitrogens is 1. The van der Waals surface area contributed by atoms with Crippen LogP contribution in [-0.2, 0) is 4.79 Å². The highest BCUT2D eigenvalue weighted by atomic mass is 16.2. The van der Waals surface area contributed by atoms with Gasteiger partial charge in [-0.3, -0.25) is 14.6 Å². The number of benzene rings is 1. The van der Waals surface area contributed by atoms with Crippen LogP contribution in [-0.4, -0.2) is 22.8 Å². The molecular formula is C20H24N4O2. The first-order valence-corrected chi connectivity index (χ1v) is 9.01. The average Bonchev–Trinajstić information content (AvgIpc) is 2.64. The Morgan fingerprint density at radius 1 is 0.962 bits per heavy atom. The van der Waals surface area contributed by atoms with E-state index >= 15 is 0 Å². The predicted molar refractivity (Wildman–Crippen MR) is 103 cm³/mol. The number of pyridine rings is 1. The van der Waals surface area contributed by atoms with Gasteiger partial charge in [0.1, 0.15) is 0 Å². The standard InChI is InChI=1S/C20H24N4O2/c1-14(25)22-17-7-9-18(10-8-17)23-19-11-15(12-21-13-19)20(26)24-16-5-3-2-4-6-16/h7-13,16,23H,2-6H2,1H3,(H,22,25)(H,24,26). The number of rotatable bonds is 5. The van der Waals surface area contributed by atoms with Crippen molar-refractivity contribution in [3.8, 4) is 0 Å². The Labute approximate surface area is 153 Å². The molecule has 0 unspecified atom stereocenters. The second kappa shape index (κ2) is 8.47. The average molecular weight is 352 g/mol. The maximum atomic E-state index is 12.4. The van der Waals surface area contributed by atoms with Crippen molar-refractivity contribution in [2.24, 2.45) is 0 Å². The van der Waals surface area contributed by atoms with Crippen LogP contribution >= 0.6 is 0 Å². The number of hydrogen-bond donors (Lipinski definition) is 3. The molecule has 1 fully saturated rings. The molecule has 136 valence electrons. The summed E-state index contributed by atoms with van der Waals surface area (Å²) < 4.78 is 0. The summed E-state index contributed by atoms with van der Waals surface area (Å²) in [7, 11) is 0. The Morgan fingerprint density at radius 2 is 1.65 bits per heavy atom. The molecule has 1 aliphatic rings. The van der Waals surface area contributed by atoms with Crippen LogP contribution in [0.2, 0.25) is 0 Å². The van der Waals surface area contributed by atoms with E-state index < -0.39 is 0 Å². The molecule has 1 aromatic heterocycles. The largest absolute Gasteiger partial charge is 0.354 e. The summed E-state index contributed by atoms with van der Waals surface area (Å²) in [5.74, 6) is -0.180. The molecule has 2 aromatic rings. The molecule has 1 aliphatic carbocycles. The molecular weight excluding hydrogens is 328 g/mol. The van der Waals surface area contributed by atoms with Gasteiger partial charge in [0.2, 0.25) is 5.91 Å². The quantitative estimate of drug-likeness (QED) is 0.763. The molecule has 1 saturated carbocycles. The maximum Gasteiger partial charge on any atom is 0.253 e. The second-order valence-corrected chi connectivity index (χ2v) is 6.65. The Kier molecular flexibility index (Phi) is 5.84. The number of carbonyl (C=O) groups excluding carboxylic acids is 2. The van der Waals surface area contributed by atoms with Crippen LogP contribution in [0.15, 0.2) is 42.7 Å². The van der Waals surface area contributed by atoms with Crippen molar-refractivity contribution in [1.82, 2.24) is 10.3 Å². The summed E-state index contributed by atoms with van der Waals surface area (Å²) in [6, 6.07) is 9.43. The molecule has 3 rings (SSSR count). The molecule has 0 bridgehead atoms. The van der Waals surface area contributed by atoms with E-state index in [1.165, 1.54) is 26.2 Å². The van der Waals surface area contributed by atoms with Gasteiger partial charge in [0.25, 0.3) is 5.91 Å². The van der Waals surface area contributed by atoms with E-state index in [2.05, 4.69) is 20.9 Å². The van der Waals surface area contributed by atoms with Gasteiger partial charge in [-0.2, -0.15) is 0 Å². The van der Waals surface area contributed by atoms with E-state index in [-0.39, 0.29) is 17.9 Å². The van der Waals surface area contributed by atoms with E-state index in [1.54, 1.807) is 18.5 Å². The zero-order valence-corrected chi connectivity index (χ0v) is 14.9. The third-order valence-corrected chi connectivity index (χ3v) is 4.43. The fourth-order valence-electron chi connectivity index (χ4n) is 3.15. The summed E-state index contributed by atoms with van der Waals surface area (Å²) in [5.41, 5.74) is 2.89. The van der Waals surface area contributed by atoms with Crippen molar-refractivity contribution in [3.05, 3.63) is 48.3 Å². The molecule has 6 heteroatoms. The van der Waals surface area contributed by atoms with Gasteiger partial charge in [-0.1, -0.05) is 19.3 Å². The zero-order chi connectivity index (χ0) is 18.4. The lowest BCUT2D eigenvalue weighted by Gasteiger charge is -2.22. The number of hydrogen-bond acceptors (Lipinski definition) is 4. The number of nitrogens with one attached hydrogen (secondary N) is 3. The van der Waals surface area contributed by atoms with Gasteiger partial charge in [-0.25, -0.2) is 0 Å². The van der Waals surface area contributed by atoms with Crippen molar-refractivity contribution < 1.29 is 9.59 Å². The highest BCUT2D eigenvalue weighted by Gasteiger charge is 2.17. The first-order valence-electron chi connectivity index (χ1n) is 9.01. The lowest BCUT2D eigenvalue weighted by Crippen LogP contribution is -2.36. The van der Waals surface area contributed by atoms with Crippen molar-refractivity contribution >= 4 is 28.9 Å². The second-order valence-electron chi connectivity index (χ2n) is 6.65. The topological polar surface area (TPSA) is 83.1 Å². The monoisotopic (exact) mass is 352 g/mol. The number of nitrogens with zero attached hydrogens (tertiary/aromatic N) is 1. The molecule has 1 heterocycles. The summed E-state index contributed by atoms with van der Waals surface area (Å²) in [6.07, 6.45) is 8.99. The van der Waals surface area contributed by atoms with E-state index in [0.717, 1.165) is 29.9 Å². The fraction of sp³-hybridized carbons (Fsp3) is 0.350. The number of amides is 2. The van der Waals surface area contributed by atoms with Crippen LogP contribution in [0, 0.1) is 0 Å². The van der Waals surface area contributed by atoms with Gasteiger partial charge < -0.3 is 16.0 Å². The Bertz CT molecular complexity index is 768. The van der Waals surface area contributed by atoms with Gasteiger partial charge in [0, 0.05) is 30.5 Å². The lowest BCUT2D eigenvalue weighted by atomic mass is 9.95. The minimum absolute atomic E-state index is 0.0749. The van der Waals surface area contributed by atoms with Crippen molar-refractivity contribution in [2.75, 3.05) is 10.6 Å². The first-order chi connectivity index (χ1) is 12.6. The minimum Gasteiger partial charge on any atom is -0.354 e. The van der Waals surface area contributed by atoms with E-state index in [0.29, 0.717) is 5.56 Å². The fourth-order valence-corrected chi connectivity index (χ4v) is 3.15. The van der Waals surface area contributed by atoms with Crippen LogP contribution in [0.3, 0.4) is 0 Å². The van der Waals surface area contributed by atoms with Gasteiger partial charge >= 0.3 is 0 Å². The Balaban J connectivity index is 1.63. The minimum atomic E-state index is -0.105. The summed E-state index contributed by atoms with van der Waals surface area (Å²) in [5, 5.41) is 9.06. The highest BCUT2D eigenvalue weighted by Crippen LogP contribution is 2.20. The Hall–Kier alpha value is -2.89. The van der Waals surface area contributed by atoms with Crippen LogP contribution < -0.4 is 16.0 Å². The SMILES string of the molecule is CC(=O)Nc1ccc(Nc2cncc(C(=O)NC3CCCCC3)c2)cc1. The smallest absolute Gasteiger partial charge is 0.253 e. The zero-order valence-electron chi connectivity index (χ0n) is 14.9. The van der Waals surface area contributed by atoms with Crippen LogP contribution in [0.1, 0.15) is 49.4 Å². The molecule has 2 amide bonds. The highest BCUT2D eigenvalue weighted by molar-refractivity contribution is 5.95. The first kappa shape index (κ1) is 17.9. The van der Waals surface area contributed by atoms with Crippen molar-refractivity contribution in [2.45, 2.75) is 45.1 Å². The van der Waals surface area contributed by atoms with Crippen molar-refractivity contribution in [1.29, 1.82) is 0 Å². The van der Waals surface area contributed by atoms with Crippen LogP contribution in [0.5, 0.6) is 0 Å². The summed E-state index contributed by atoms with van der Waals surface area (Å²) in [6.45, 7) is 1.47. The maximum absolute atomic E-state index is 12.4. The van der Waals surface area contributed by atoms with Crippen LogP contribution in [0.25, 0.3) is 0 Å². The molecule has 1 aromatic carbocycles. The van der Waals surface area contributed by atoms with Crippen LogP contribution in [0.4, 0.5) is 17.1 Å². The third-order valence-electron chi connectivity index (χ3n) is 4.43. The molecule has 6 nitrogen and oxygen atoms in total. The lowest BCUT2D eigenvalue weighted by molar-refractivity contribution is -0.114. The molecule has 26 heavy (non-hydrogen) atoms. The molecule has 0 atom stereocenters. The Morgan fingerprint density at radius 3 is 2.35 bits per heavy atom. The predicted octanol–water partition coefficient (Wildman–Crippen LogP) is 3.85. The van der Waals surface area contributed by atoms with Gasteiger partial charge in [-0.15, -0.1) is 0 Å². The third kappa shape index (κ3) is 5.05. The summed E-state index contributed by atoms with van der Waals surface area (Å²) in [4.78, 5) is 27.7. The normalized spacial score (nSPS) is 14.5. The number of anilines is 3. The number of carbonyl (C=O) groups is 2. The summed E-state index contributed by atoms with van der Waals surface area (Å²) >= 11 is 0. The van der Waals surface area contributed by atoms with E-state index in [9.17, 15) is 9.59 Å². The molecule has 3 N–H and O–H groups in total.